The van der Waals surface area contributed by atoms with E-state index in [1.165, 1.54) is 48.1 Å². The molecule has 2 aliphatic rings. The highest BCUT2D eigenvalue weighted by atomic mass is 16.2. The van der Waals surface area contributed by atoms with Crippen LogP contribution >= 0.6 is 0 Å². The minimum Gasteiger partial charge on any atom is -0.368 e. The van der Waals surface area contributed by atoms with Crippen LogP contribution in [0.15, 0.2) is 29.8 Å². The third-order valence-electron chi connectivity index (χ3n) is 5.43. The van der Waals surface area contributed by atoms with E-state index in [1.807, 2.05) is 4.90 Å². The Hall–Kier alpha value is -1.97. The number of para-hydroxylation sites is 1. The highest BCUT2D eigenvalue weighted by Crippen LogP contribution is 2.25. The van der Waals surface area contributed by atoms with Gasteiger partial charge in [-0.25, -0.2) is 4.79 Å². The summed E-state index contributed by atoms with van der Waals surface area (Å²) in [6.07, 6.45) is 8.42. The highest BCUT2D eigenvalue weighted by molar-refractivity contribution is 5.74. The molecule has 0 saturated carbocycles. The number of nitrogens with zero attached hydrogens (tertiary/aromatic N) is 2. The number of amides is 2. The zero-order chi connectivity index (χ0) is 17.6. The molecule has 1 aliphatic carbocycles. The first-order valence-electron chi connectivity index (χ1n) is 9.67. The lowest BCUT2D eigenvalue weighted by atomic mass is 9.97. The molecular formula is C21H31N3O. The fourth-order valence-corrected chi connectivity index (χ4v) is 4.01. The second-order valence-corrected chi connectivity index (χ2v) is 7.30. The first kappa shape index (κ1) is 17.8. The molecule has 2 amide bonds. The minimum absolute atomic E-state index is 0.0950. The summed E-state index contributed by atoms with van der Waals surface area (Å²) in [6, 6.07) is 6.54. The number of hydrogen-bond acceptors (Lipinski definition) is 2. The second kappa shape index (κ2) is 8.41. The quantitative estimate of drug-likeness (QED) is 0.840. The Morgan fingerprint density at radius 2 is 1.80 bits per heavy atom. The maximum atomic E-state index is 12.4. The number of rotatable bonds is 4. The van der Waals surface area contributed by atoms with Gasteiger partial charge in [0.25, 0.3) is 0 Å². The fraction of sp³-hybridized carbons (Fsp3) is 0.571. The van der Waals surface area contributed by atoms with Crippen molar-refractivity contribution in [3.63, 3.8) is 0 Å². The molecule has 25 heavy (non-hydrogen) atoms. The average molecular weight is 341 g/mol. The molecule has 0 atom stereocenters. The summed E-state index contributed by atoms with van der Waals surface area (Å²) < 4.78 is 0. The smallest absolute Gasteiger partial charge is 0.317 e. The normalized spacial score (nSPS) is 18.1. The number of allylic oxidation sites excluding steroid dienone is 1. The van der Waals surface area contributed by atoms with Crippen molar-refractivity contribution >= 4 is 11.7 Å². The summed E-state index contributed by atoms with van der Waals surface area (Å²) in [5.74, 6) is 0. The van der Waals surface area contributed by atoms with Crippen LogP contribution in [0.25, 0.3) is 0 Å². The lowest BCUT2D eigenvalue weighted by molar-refractivity contribution is 0.194. The van der Waals surface area contributed by atoms with Gasteiger partial charge in [0.15, 0.2) is 0 Å². The number of aryl methyl sites for hydroxylation is 2. The lowest BCUT2D eigenvalue weighted by Gasteiger charge is -2.37. The third kappa shape index (κ3) is 4.56. The van der Waals surface area contributed by atoms with Gasteiger partial charge in [-0.05, 0) is 57.1 Å². The van der Waals surface area contributed by atoms with Gasteiger partial charge in [0.2, 0.25) is 0 Å². The number of nitrogens with one attached hydrogen (secondary N) is 1. The van der Waals surface area contributed by atoms with Gasteiger partial charge in [0, 0.05) is 38.4 Å². The Morgan fingerprint density at radius 3 is 2.44 bits per heavy atom. The van der Waals surface area contributed by atoms with Gasteiger partial charge in [-0.2, -0.15) is 0 Å². The van der Waals surface area contributed by atoms with Crippen LogP contribution in [0.3, 0.4) is 0 Å². The Kier molecular flexibility index (Phi) is 6.00. The molecule has 4 nitrogen and oxygen atoms in total. The molecule has 1 aromatic rings. The van der Waals surface area contributed by atoms with Crippen molar-refractivity contribution in [1.82, 2.24) is 10.2 Å². The summed E-state index contributed by atoms with van der Waals surface area (Å²) in [6.45, 7) is 8.50. The molecule has 1 saturated heterocycles. The van der Waals surface area contributed by atoms with Crippen LogP contribution in [0.5, 0.6) is 0 Å². The van der Waals surface area contributed by atoms with Gasteiger partial charge in [-0.3, -0.25) is 0 Å². The van der Waals surface area contributed by atoms with Crippen LogP contribution in [0, 0.1) is 13.8 Å². The Morgan fingerprint density at radius 1 is 1.08 bits per heavy atom. The SMILES string of the molecule is Cc1cccc(C)c1N1CCN(C(=O)NCCC2=CCCCC2)CC1. The van der Waals surface area contributed by atoms with Crippen LogP contribution in [0.2, 0.25) is 0 Å². The summed E-state index contributed by atoms with van der Waals surface area (Å²) in [5, 5.41) is 3.10. The van der Waals surface area contributed by atoms with Gasteiger partial charge in [-0.1, -0.05) is 29.8 Å². The summed E-state index contributed by atoms with van der Waals surface area (Å²) in [5.41, 5.74) is 5.50. The monoisotopic (exact) mass is 341 g/mol. The van der Waals surface area contributed by atoms with E-state index in [0.29, 0.717) is 0 Å². The number of carbonyl (C=O) groups is 1. The molecule has 1 N–H and O–H groups in total. The topological polar surface area (TPSA) is 35.6 Å². The largest absolute Gasteiger partial charge is 0.368 e. The standard InChI is InChI=1S/C21H31N3O/c1-17-7-6-8-18(2)20(17)23-13-15-24(16-14-23)21(25)22-12-11-19-9-4-3-5-10-19/h6-9H,3-5,10-16H2,1-2H3,(H,22,25). The first-order valence-corrected chi connectivity index (χ1v) is 9.67. The van der Waals surface area contributed by atoms with Crippen molar-refractivity contribution in [3.05, 3.63) is 41.0 Å². The predicted molar refractivity (Wildman–Crippen MR) is 104 cm³/mol. The predicted octanol–water partition coefficient (Wildman–Crippen LogP) is 4.03. The maximum absolute atomic E-state index is 12.4. The number of piperazine rings is 1. The van der Waals surface area contributed by atoms with E-state index >= 15 is 0 Å². The van der Waals surface area contributed by atoms with Crippen LogP contribution in [0.1, 0.15) is 43.2 Å². The zero-order valence-corrected chi connectivity index (χ0v) is 15.7. The van der Waals surface area contributed by atoms with E-state index in [0.717, 1.165) is 39.1 Å². The van der Waals surface area contributed by atoms with Crippen LogP contribution in [0.4, 0.5) is 10.5 Å². The number of urea groups is 1. The zero-order valence-electron chi connectivity index (χ0n) is 15.7. The van der Waals surface area contributed by atoms with Crippen molar-refractivity contribution in [1.29, 1.82) is 0 Å². The number of carbonyl (C=O) groups excluding carboxylic acids is 1. The van der Waals surface area contributed by atoms with Crippen molar-refractivity contribution in [2.45, 2.75) is 46.0 Å². The molecule has 3 rings (SSSR count). The fourth-order valence-electron chi connectivity index (χ4n) is 4.01. The van der Waals surface area contributed by atoms with E-state index in [-0.39, 0.29) is 6.03 Å². The van der Waals surface area contributed by atoms with Crippen LogP contribution in [-0.4, -0.2) is 43.7 Å². The Bertz CT molecular complexity index is 610. The number of hydrogen-bond donors (Lipinski definition) is 1. The third-order valence-corrected chi connectivity index (χ3v) is 5.43. The lowest BCUT2D eigenvalue weighted by Crippen LogP contribution is -2.52. The molecular weight excluding hydrogens is 310 g/mol. The molecule has 0 spiro atoms. The van der Waals surface area contributed by atoms with Crippen molar-refractivity contribution in [2.75, 3.05) is 37.6 Å². The minimum atomic E-state index is 0.0950. The number of anilines is 1. The molecule has 0 bridgehead atoms. The summed E-state index contributed by atoms with van der Waals surface area (Å²) >= 11 is 0. The van der Waals surface area contributed by atoms with E-state index in [9.17, 15) is 4.79 Å². The molecule has 0 unspecified atom stereocenters. The molecule has 1 fully saturated rings. The summed E-state index contributed by atoms with van der Waals surface area (Å²) in [7, 11) is 0. The van der Waals surface area contributed by atoms with Gasteiger partial charge >= 0.3 is 6.03 Å². The van der Waals surface area contributed by atoms with Crippen LogP contribution < -0.4 is 10.2 Å². The Balaban J connectivity index is 1.45. The average Bonchev–Trinajstić information content (AvgIpc) is 2.63. The van der Waals surface area contributed by atoms with Gasteiger partial charge in [0.05, 0.1) is 0 Å². The summed E-state index contributed by atoms with van der Waals surface area (Å²) in [4.78, 5) is 16.8. The van der Waals surface area contributed by atoms with E-state index in [1.54, 1.807) is 0 Å². The molecule has 1 aliphatic heterocycles. The molecule has 0 radical (unpaired) electrons. The molecule has 0 aromatic heterocycles. The van der Waals surface area contributed by atoms with E-state index < -0.39 is 0 Å². The molecule has 136 valence electrons. The van der Waals surface area contributed by atoms with Crippen molar-refractivity contribution < 1.29 is 4.79 Å². The maximum Gasteiger partial charge on any atom is 0.317 e. The van der Waals surface area contributed by atoms with E-state index in [4.69, 9.17) is 0 Å². The Labute approximate surface area is 151 Å². The van der Waals surface area contributed by atoms with E-state index in [2.05, 4.69) is 48.3 Å². The van der Waals surface area contributed by atoms with Crippen LogP contribution in [-0.2, 0) is 0 Å². The van der Waals surface area contributed by atoms with Gasteiger partial charge in [-0.15, -0.1) is 0 Å². The molecule has 4 heteroatoms. The van der Waals surface area contributed by atoms with Crippen molar-refractivity contribution in [2.24, 2.45) is 0 Å². The molecule has 1 heterocycles. The van der Waals surface area contributed by atoms with Gasteiger partial charge in [0.1, 0.15) is 0 Å². The van der Waals surface area contributed by atoms with Crippen molar-refractivity contribution in [3.8, 4) is 0 Å². The second-order valence-electron chi connectivity index (χ2n) is 7.30. The first-order chi connectivity index (χ1) is 12.1. The number of benzene rings is 1. The highest BCUT2D eigenvalue weighted by Gasteiger charge is 2.22. The van der Waals surface area contributed by atoms with Gasteiger partial charge < -0.3 is 15.1 Å². The molecule has 1 aromatic carbocycles.